The molecule has 0 aliphatic carbocycles. The van der Waals surface area contributed by atoms with Crippen LogP contribution in [0.2, 0.25) is 0 Å². The topological polar surface area (TPSA) is 68.0 Å². The van der Waals surface area contributed by atoms with Gasteiger partial charge in [-0.2, -0.15) is 11.3 Å². The maximum absolute atomic E-state index is 11.7. The Morgan fingerprint density at radius 1 is 1.30 bits per heavy atom. The normalized spacial score (nSPS) is 11.0. The van der Waals surface area contributed by atoms with Crippen molar-refractivity contribution < 1.29 is 9.21 Å². The Balaban J connectivity index is 1.65. The van der Waals surface area contributed by atoms with Gasteiger partial charge in [0.2, 0.25) is 0 Å². The van der Waals surface area contributed by atoms with Crippen molar-refractivity contribution in [1.29, 1.82) is 0 Å². The Kier molecular flexibility index (Phi) is 3.71. The molecule has 0 unspecified atom stereocenters. The second kappa shape index (κ2) is 5.81. The van der Waals surface area contributed by atoms with Gasteiger partial charge < -0.3 is 4.42 Å². The molecule has 0 fully saturated rings. The van der Waals surface area contributed by atoms with E-state index in [1.807, 2.05) is 34.3 Å². The minimum absolute atomic E-state index is 0.0898. The number of rotatable bonds is 4. The predicted octanol–water partition coefficient (Wildman–Crippen LogP) is 3.51. The molecule has 7 heteroatoms. The standard InChI is InChI=1S/C13H9N3O2S2/c17-11(4-3-10-2-1-6-20-10)14-13-16-15-12(18-13)9-5-7-19-8-9/h1-8H,(H,14,16,17)/b4-3+. The average Bonchev–Trinajstić information content (AvgIpc) is 3.18. The number of anilines is 1. The van der Waals surface area contributed by atoms with E-state index in [1.54, 1.807) is 17.4 Å². The van der Waals surface area contributed by atoms with E-state index in [1.165, 1.54) is 17.4 Å². The van der Waals surface area contributed by atoms with E-state index in [2.05, 4.69) is 15.5 Å². The third-order valence-electron chi connectivity index (χ3n) is 2.37. The van der Waals surface area contributed by atoms with Crippen LogP contribution >= 0.6 is 22.7 Å². The summed E-state index contributed by atoms with van der Waals surface area (Å²) in [5.74, 6) is 0.0858. The lowest BCUT2D eigenvalue weighted by Crippen LogP contribution is -2.07. The molecule has 100 valence electrons. The molecule has 0 aliphatic rings. The Morgan fingerprint density at radius 3 is 3.00 bits per heavy atom. The van der Waals surface area contributed by atoms with Crippen molar-refractivity contribution >= 4 is 40.7 Å². The van der Waals surface area contributed by atoms with Crippen LogP contribution in [0, 0.1) is 0 Å². The zero-order valence-corrected chi connectivity index (χ0v) is 11.8. The Labute approximate surface area is 122 Å². The maximum Gasteiger partial charge on any atom is 0.322 e. The molecule has 3 aromatic rings. The van der Waals surface area contributed by atoms with Gasteiger partial charge in [0.05, 0.1) is 0 Å². The van der Waals surface area contributed by atoms with Crippen LogP contribution < -0.4 is 5.32 Å². The Morgan fingerprint density at radius 2 is 2.25 bits per heavy atom. The first kappa shape index (κ1) is 12.8. The van der Waals surface area contributed by atoms with Gasteiger partial charge in [-0.1, -0.05) is 11.2 Å². The lowest BCUT2D eigenvalue weighted by atomic mass is 10.3. The molecular formula is C13H9N3O2S2. The molecule has 0 aliphatic heterocycles. The highest BCUT2D eigenvalue weighted by molar-refractivity contribution is 7.10. The molecule has 0 aromatic carbocycles. The molecule has 0 saturated carbocycles. The van der Waals surface area contributed by atoms with Crippen LogP contribution in [0.15, 0.2) is 44.8 Å². The van der Waals surface area contributed by atoms with Crippen LogP contribution in [0.5, 0.6) is 0 Å². The molecule has 1 N–H and O–H groups in total. The fourth-order valence-electron chi connectivity index (χ4n) is 1.47. The zero-order chi connectivity index (χ0) is 13.8. The summed E-state index contributed by atoms with van der Waals surface area (Å²) in [7, 11) is 0. The molecule has 3 rings (SSSR count). The van der Waals surface area contributed by atoms with Crippen LogP contribution in [-0.4, -0.2) is 16.1 Å². The van der Waals surface area contributed by atoms with E-state index in [-0.39, 0.29) is 11.9 Å². The number of carbonyl (C=O) groups excluding carboxylic acids is 1. The van der Waals surface area contributed by atoms with Gasteiger partial charge in [-0.05, 0) is 29.0 Å². The quantitative estimate of drug-likeness (QED) is 0.749. The summed E-state index contributed by atoms with van der Waals surface area (Å²) in [5.41, 5.74) is 0.845. The van der Waals surface area contributed by atoms with Crippen LogP contribution in [0.4, 0.5) is 6.01 Å². The molecule has 1 amide bonds. The summed E-state index contributed by atoms with van der Waals surface area (Å²) in [4.78, 5) is 12.7. The number of carbonyl (C=O) groups is 1. The fraction of sp³-hybridized carbons (Fsp3) is 0. The highest BCUT2D eigenvalue weighted by atomic mass is 32.1. The third-order valence-corrected chi connectivity index (χ3v) is 3.89. The summed E-state index contributed by atoms with van der Waals surface area (Å²) in [6, 6.07) is 5.82. The van der Waals surface area contributed by atoms with E-state index >= 15 is 0 Å². The maximum atomic E-state index is 11.7. The van der Waals surface area contributed by atoms with Crippen LogP contribution in [-0.2, 0) is 4.79 Å². The molecular weight excluding hydrogens is 294 g/mol. The number of hydrogen-bond donors (Lipinski definition) is 1. The van der Waals surface area contributed by atoms with Crippen molar-refractivity contribution in [1.82, 2.24) is 10.2 Å². The number of hydrogen-bond acceptors (Lipinski definition) is 6. The van der Waals surface area contributed by atoms with Crippen molar-refractivity contribution in [3.05, 3.63) is 45.3 Å². The average molecular weight is 303 g/mol. The number of nitrogens with one attached hydrogen (secondary N) is 1. The summed E-state index contributed by atoms with van der Waals surface area (Å²) in [6.45, 7) is 0. The number of amides is 1. The minimum atomic E-state index is -0.307. The first-order valence-corrected chi connectivity index (χ1v) is 7.52. The molecule has 0 saturated heterocycles. The van der Waals surface area contributed by atoms with Crippen LogP contribution in [0.25, 0.3) is 17.5 Å². The highest BCUT2D eigenvalue weighted by Crippen LogP contribution is 2.22. The van der Waals surface area contributed by atoms with Crippen molar-refractivity contribution in [2.75, 3.05) is 5.32 Å². The minimum Gasteiger partial charge on any atom is -0.403 e. The first-order valence-electron chi connectivity index (χ1n) is 5.70. The predicted molar refractivity (Wildman–Crippen MR) is 79.6 cm³/mol. The van der Waals surface area contributed by atoms with Crippen molar-refractivity contribution in [3.63, 3.8) is 0 Å². The van der Waals surface area contributed by atoms with Crippen molar-refractivity contribution in [2.24, 2.45) is 0 Å². The molecule has 0 radical (unpaired) electrons. The lowest BCUT2D eigenvalue weighted by Gasteiger charge is -1.93. The van der Waals surface area contributed by atoms with Gasteiger partial charge in [0.25, 0.3) is 11.8 Å². The van der Waals surface area contributed by atoms with Gasteiger partial charge in [-0.15, -0.1) is 16.4 Å². The van der Waals surface area contributed by atoms with Gasteiger partial charge in [0, 0.05) is 21.9 Å². The summed E-state index contributed by atoms with van der Waals surface area (Å²) >= 11 is 3.10. The van der Waals surface area contributed by atoms with Gasteiger partial charge in [0.15, 0.2) is 0 Å². The molecule has 20 heavy (non-hydrogen) atoms. The Hall–Kier alpha value is -2.25. The summed E-state index contributed by atoms with van der Waals surface area (Å²) in [5, 5.41) is 15.9. The molecule has 3 heterocycles. The van der Waals surface area contributed by atoms with E-state index in [0.717, 1.165) is 10.4 Å². The van der Waals surface area contributed by atoms with Crippen molar-refractivity contribution in [3.8, 4) is 11.5 Å². The second-order valence-electron chi connectivity index (χ2n) is 3.76. The van der Waals surface area contributed by atoms with Crippen LogP contribution in [0.1, 0.15) is 4.88 Å². The largest absolute Gasteiger partial charge is 0.403 e. The van der Waals surface area contributed by atoms with E-state index < -0.39 is 0 Å². The first-order chi connectivity index (χ1) is 9.81. The van der Waals surface area contributed by atoms with E-state index in [9.17, 15) is 4.79 Å². The molecule has 0 atom stereocenters. The van der Waals surface area contributed by atoms with Gasteiger partial charge in [-0.25, -0.2) is 0 Å². The van der Waals surface area contributed by atoms with Gasteiger partial charge in [-0.3, -0.25) is 10.1 Å². The fourth-order valence-corrected chi connectivity index (χ4v) is 2.72. The third kappa shape index (κ3) is 3.01. The highest BCUT2D eigenvalue weighted by Gasteiger charge is 2.10. The molecule has 0 spiro atoms. The zero-order valence-electron chi connectivity index (χ0n) is 10.1. The monoisotopic (exact) mass is 303 g/mol. The summed E-state index contributed by atoms with van der Waals surface area (Å²) in [6.07, 6.45) is 3.16. The number of aromatic nitrogens is 2. The number of nitrogens with zero attached hydrogens (tertiary/aromatic N) is 2. The SMILES string of the molecule is O=C(/C=C/c1cccs1)Nc1nnc(-c2ccsc2)o1. The molecule has 5 nitrogen and oxygen atoms in total. The smallest absolute Gasteiger partial charge is 0.322 e. The molecule has 3 aromatic heterocycles. The van der Waals surface area contributed by atoms with Gasteiger partial charge >= 0.3 is 6.01 Å². The Bertz CT molecular complexity index is 715. The van der Waals surface area contributed by atoms with Gasteiger partial charge in [0.1, 0.15) is 0 Å². The number of thiophene rings is 2. The lowest BCUT2D eigenvalue weighted by molar-refractivity contribution is -0.112. The van der Waals surface area contributed by atoms with Crippen molar-refractivity contribution in [2.45, 2.75) is 0 Å². The summed E-state index contributed by atoms with van der Waals surface area (Å²) < 4.78 is 5.36. The van der Waals surface area contributed by atoms with E-state index in [0.29, 0.717) is 5.89 Å². The second-order valence-corrected chi connectivity index (χ2v) is 5.52. The van der Waals surface area contributed by atoms with Crippen LogP contribution in [0.3, 0.4) is 0 Å². The van der Waals surface area contributed by atoms with E-state index in [4.69, 9.17) is 4.42 Å². The molecule has 0 bridgehead atoms.